The first-order chi connectivity index (χ1) is 8.55. The third-order valence-corrected chi connectivity index (χ3v) is 3.50. The molecule has 0 aromatic rings. The molecule has 0 spiro atoms. The van der Waals surface area contributed by atoms with Crippen LogP contribution in [-0.4, -0.2) is 52.3 Å². The van der Waals surface area contributed by atoms with Gasteiger partial charge < -0.3 is 20.4 Å². The average molecular weight is 258 g/mol. The molecule has 0 aromatic heterocycles. The van der Waals surface area contributed by atoms with Crippen LogP contribution in [-0.2, 0) is 4.79 Å². The summed E-state index contributed by atoms with van der Waals surface area (Å²) in [6.07, 6.45) is 3.60. The summed E-state index contributed by atoms with van der Waals surface area (Å²) in [6, 6.07) is -0.407. The lowest BCUT2D eigenvalue weighted by atomic mass is 9.82. The van der Waals surface area contributed by atoms with Crippen LogP contribution in [0.3, 0.4) is 0 Å². The summed E-state index contributed by atoms with van der Waals surface area (Å²) < 4.78 is 0. The van der Waals surface area contributed by atoms with E-state index in [0.717, 1.165) is 19.3 Å². The molecule has 6 nitrogen and oxygen atoms in total. The molecular formula is C12H22N2O4. The zero-order chi connectivity index (χ0) is 13.6. The number of hydrogen-bond donors (Lipinski definition) is 3. The highest BCUT2D eigenvalue weighted by Gasteiger charge is 2.41. The standard InChI is InChI=1S/C12H22N2O4/c1-2-14(8-9-15)11(18)13-12(10(16)17)6-4-3-5-7-12/h15H,2-9H2,1H3,(H,13,18)(H,16,17). The van der Waals surface area contributed by atoms with Crippen molar-refractivity contribution in [3.63, 3.8) is 0 Å². The molecule has 0 aromatic carbocycles. The lowest BCUT2D eigenvalue weighted by molar-refractivity contribution is -0.146. The third kappa shape index (κ3) is 3.35. The average Bonchev–Trinajstić information content (AvgIpc) is 2.36. The molecule has 1 fully saturated rings. The van der Waals surface area contributed by atoms with E-state index in [9.17, 15) is 14.7 Å². The Bertz CT molecular complexity index is 300. The van der Waals surface area contributed by atoms with Crippen molar-refractivity contribution >= 4 is 12.0 Å². The summed E-state index contributed by atoms with van der Waals surface area (Å²) >= 11 is 0. The Balaban J connectivity index is 2.71. The first kappa shape index (κ1) is 14.8. The lowest BCUT2D eigenvalue weighted by Gasteiger charge is -2.35. The van der Waals surface area contributed by atoms with Crippen LogP contribution in [0.25, 0.3) is 0 Å². The lowest BCUT2D eigenvalue weighted by Crippen LogP contribution is -2.59. The van der Waals surface area contributed by atoms with Crippen LogP contribution >= 0.6 is 0 Å². The largest absolute Gasteiger partial charge is 0.480 e. The molecule has 0 radical (unpaired) electrons. The van der Waals surface area contributed by atoms with Crippen molar-refractivity contribution in [1.82, 2.24) is 10.2 Å². The van der Waals surface area contributed by atoms with E-state index in [1.807, 2.05) is 0 Å². The number of carbonyl (C=O) groups excluding carboxylic acids is 1. The predicted octanol–water partition coefficient (Wildman–Crippen LogP) is 0.798. The fourth-order valence-electron chi connectivity index (χ4n) is 2.36. The van der Waals surface area contributed by atoms with E-state index in [4.69, 9.17) is 5.11 Å². The minimum absolute atomic E-state index is 0.124. The molecular weight excluding hydrogens is 236 g/mol. The molecule has 104 valence electrons. The Kier molecular flexibility index (Phi) is 5.40. The summed E-state index contributed by atoms with van der Waals surface area (Å²) in [4.78, 5) is 24.8. The Labute approximate surface area is 107 Å². The van der Waals surface area contributed by atoms with E-state index in [1.54, 1.807) is 6.92 Å². The van der Waals surface area contributed by atoms with Gasteiger partial charge in [-0.15, -0.1) is 0 Å². The molecule has 1 aliphatic rings. The van der Waals surface area contributed by atoms with E-state index in [0.29, 0.717) is 19.4 Å². The molecule has 1 aliphatic carbocycles. The molecule has 0 aliphatic heterocycles. The highest BCUT2D eigenvalue weighted by molar-refractivity contribution is 5.86. The van der Waals surface area contributed by atoms with Crippen LogP contribution in [0, 0.1) is 0 Å². The smallest absolute Gasteiger partial charge is 0.329 e. The van der Waals surface area contributed by atoms with E-state index < -0.39 is 17.5 Å². The SMILES string of the molecule is CCN(CCO)C(=O)NC1(C(=O)O)CCCCC1. The summed E-state index contributed by atoms with van der Waals surface area (Å²) in [5.41, 5.74) is -1.13. The summed E-state index contributed by atoms with van der Waals surface area (Å²) in [7, 11) is 0. The molecule has 6 heteroatoms. The van der Waals surface area contributed by atoms with Crippen LogP contribution < -0.4 is 5.32 Å². The molecule has 2 amide bonds. The van der Waals surface area contributed by atoms with Gasteiger partial charge in [-0.3, -0.25) is 0 Å². The van der Waals surface area contributed by atoms with Crippen LogP contribution in [0.5, 0.6) is 0 Å². The number of carboxylic acid groups (broad SMARTS) is 1. The van der Waals surface area contributed by atoms with Crippen molar-refractivity contribution in [2.45, 2.75) is 44.6 Å². The number of amides is 2. The molecule has 0 atom stereocenters. The van der Waals surface area contributed by atoms with Gasteiger partial charge in [-0.2, -0.15) is 0 Å². The van der Waals surface area contributed by atoms with Gasteiger partial charge >= 0.3 is 12.0 Å². The number of nitrogens with one attached hydrogen (secondary N) is 1. The zero-order valence-corrected chi connectivity index (χ0v) is 10.8. The van der Waals surface area contributed by atoms with E-state index in [2.05, 4.69) is 5.32 Å². The molecule has 0 heterocycles. The Morgan fingerprint density at radius 1 is 1.28 bits per heavy atom. The van der Waals surface area contributed by atoms with Crippen molar-refractivity contribution < 1.29 is 19.8 Å². The third-order valence-electron chi connectivity index (χ3n) is 3.50. The fourth-order valence-corrected chi connectivity index (χ4v) is 2.36. The van der Waals surface area contributed by atoms with Crippen LogP contribution in [0.2, 0.25) is 0 Å². The number of aliphatic hydroxyl groups excluding tert-OH is 1. The van der Waals surface area contributed by atoms with E-state index >= 15 is 0 Å². The second-order valence-corrected chi connectivity index (χ2v) is 4.68. The van der Waals surface area contributed by atoms with Crippen molar-refractivity contribution in [3.8, 4) is 0 Å². The molecule has 0 bridgehead atoms. The minimum atomic E-state index is -1.13. The first-order valence-corrected chi connectivity index (χ1v) is 6.47. The first-order valence-electron chi connectivity index (χ1n) is 6.47. The molecule has 3 N–H and O–H groups in total. The number of carbonyl (C=O) groups is 2. The fraction of sp³-hybridized carbons (Fsp3) is 0.833. The van der Waals surface area contributed by atoms with Gasteiger partial charge in [-0.05, 0) is 19.8 Å². The monoisotopic (exact) mass is 258 g/mol. The Morgan fingerprint density at radius 3 is 2.33 bits per heavy atom. The molecule has 1 rings (SSSR count). The highest BCUT2D eigenvalue weighted by atomic mass is 16.4. The number of carboxylic acids is 1. The highest BCUT2D eigenvalue weighted by Crippen LogP contribution is 2.28. The van der Waals surface area contributed by atoms with Crippen molar-refractivity contribution in [3.05, 3.63) is 0 Å². The normalized spacial score (nSPS) is 18.1. The number of rotatable bonds is 5. The number of likely N-dealkylation sites (N-methyl/N-ethyl adjacent to an activating group) is 1. The second-order valence-electron chi connectivity index (χ2n) is 4.68. The van der Waals surface area contributed by atoms with Crippen LogP contribution in [0.4, 0.5) is 4.79 Å². The van der Waals surface area contributed by atoms with Crippen LogP contribution in [0.15, 0.2) is 0 Å². The summed E-state index contributed by atoms with van der Waals surface area (Å²) in [6.45, 7) is 2.34. The maximum atomic E-state index is 12.0. The van der Waals surface area contributed by atoms with E-state index in [-0.39, 0.29) is 13.2 Å². The minimum Gasteiger partial charge on any atom is -0.480 e. The predicted molar refractivity (Wildman–Crippen MR) is 66.3 cm³/mol. The second kappa shape index (κ2) is 6.58. The van der Waals surface area contributed by atoms with Gasteiger partial charge in [0, 0.05) is 13.1 Å². The topological polar surface area (TPSA) is 89.9 Å². The van der Waals surface area contributed by atoms with E-state index in [1.165, 1.54) is 4.90 Å². The van der Waals surface area contributed by atoms with Gasteiger partial charge in [0.05, 0.1) is 6.61 Å². The number of urea groups is 1. The van der Waals surface area contributed by atoms with Gasteiger partial charge in [0.1, 0.15) is 5.54 Å². The summed E-state index contributed by atoms with van der Waals surface area (Å²) in [5, 5.41) is 20.8. The Morgan fingerprint density at radius 2 is 1.89 bits per heavy atom. The summed E-state index contributed by atoms with van der Waals surface area (Å²) in [5.74, 6) is -0.962. The number of hydrogen-bond acceptors (Lipinski definition) is 3. The zero-order valence-electron chi connectivity index (χ0n) is 10.8. The maximum Gasteiger partial charge on any atom is 0.329 e. The molecule has 18 heavy (non-hydrogen) atoms. The van der Waals surface area contributed by atoms with Gasteiger partial charge in [-0.1, -0.05) is 19.3 Å². The van der Waals surface area contributed by atoms with Gasteiger partial charge in [0.2, 0.25) is 0 Å². The number of aliphatic hydroxyl groups is 1. The quantitative estimate of drug-likeness (QED) is 0.680. The van der Waals surface area contributed by atoms with Gasteiger partial charge in [-0.25, -0.2) is 9.59 Å². The maximum absolute atomic E-state index is 12.0. The van der Waals surface area contributed by atoms with Crippen LogP contribution in [0.1, 0.15) is 39.0 Å². The molecule has 0 unspecified atom stereocenters. The number of aliphatic carboxylic acids is 1. The van der Waals surface area contributed by atoms with Gasteiger partial charge in [0.15, 0.2) is 0 Å². The van der Waals surface area contributed by atoms with Gasteiger partial charge in [0.25, 0.3) is 0 Å². The molecule has 1 saturated carbocycles. The van der Waals surface area contributed by atoms with Crippen molar-refractivity contribution in [2.24, 2.45) is 0 Å². The van der Waals surface area contributed by atoms with Crippen molar-refractivity contribution in [1.29, 1.82) is 0 Å². The molecule has 0 saturated heterocycles. The van der Waals surface area contributed by atoms with Crippen molar-refractivity contribution in [2.75, 3.05) is 19.7 Å². The Hall–Kier alpha value is -1.30. The number of nitrogens with zero attached hydrogens (tertiary/aromatic N) is 1.